The lowest BCUT2D eigenvalue weighted by Crippen LogP contribution is -2.10. The summed E-state index contributed by atoms with van der Waals surface area (Å²) in [4.78, 5) is 19.4. The minimum absolute atomic E-state index is 0.218. The lowest BCUT2D eigenvalue weighted by Gasteiger charge is -2.14. The van der Waals surface area contributed by atoms with E-state index in [1.807, 2.05) is 0 Å². The largest absolute Gasteiger partial charge is 0.493 e. The topological polar surface area (TPSA) is 64.2 Å². The van der Waals surface area contributed by atoms with Gasteiger partial charge in [0.2, 0.25) is 0 Å². The SMILES string of the molecule is COc1cc(Cl)c(-c2nc3ccccc3c(=O)[nH]2)c(Cl)c1OC. The summed E-state index contributed by atoms with van der Waals surface area (Å²) in [6.45, 7) is 0. The summed E-state index contributed by atoms with van der Waals surface area (Å²) in [6, 6.07) is 8.59. The number of hydrogen-bond donors (Lipinski definition) is 1. The molecule has 0 aliphatic heterocycles. The van der Waals surface area contributed by atoms with Gasteiger partial charge in [0, 0.05) is 6.07 Å². The summed E-state index contributed by atoms with van der Waals surface area (Å²) in [7, 11) is 2.96. The first-order chi connectivity index (χ1) is 11.1. The number of hydrogen-bond acceptors (Lipinski definition) is 4. The summed E-state index contributed by atoms with van der Waals surface area (Å²) in [6.07, 6.45) is 0. The van der Waals surface area contributed by atoms with Gasteiger partial charge in [-0.15, -0.1) is 0 Å². The molecule has 0 spiro atoms. The maximum Gasteiger partial charge on any atom is 0.259 e. The number of para-hydroxylation sites is 1. The Labute approximate surface area is 141 Å². The molecule has 1 heterocycles. The first kappa shape index (κ1) is 15.6. The molecular formula is C16H12Cl2N2O3. The number of methoxy groups -OCH3 is 2. The zero-order valence-electron chi connectivity index (χ0n) is 12.3. The maximum absolute atomic E-state index is 12.2. The maximum atomic E-state index is 12.2. The summed E-state index contributed by atoms with van der Waals surface area (Å²) in [5.41, 5.74) is 0.662. The average Bonchev–Trinajstić information content (AvgIpc) is 2.54. The number of nitrogens with one attached hydrogen (secondary N) is 1. The zero-order valence-corrected chi connectivity index (χ0v) is 13.8. The molecule has 23 heavy (non-hydrogen) atoms. The number of aromatic amines is 1. The van der Waals surface area contributed by atoms with E-state index >= 15 is 0 Å². The number of nitrogens with zero attached hydrogens (tertiary/aromatic N) is 1. The smallest absolute Gasteiger partial charge is 0.259 e. The van der Waals surface area contributed by atoms with Crippen LogP contribution in [0.4, 0.5) is 0 Å². The number of aromatic nitrogens is 2. The summed E-state index contributed by atoms with van der Waals surface area (Å²) in [5.74, 6) is 0.989. The minimum atomic E-state index is -0.271. The van der Waals surface area contributed by atoms with Gasteiger partial charge in [-0.25, -0.2) is 4.98 Å². The van der Waals surface area contributed by atoms with Gasteiger partial charge in [0.1, 0.15) is 5.82 Å². The van der Waals surface area contributed by atoms with E-state index in [4.69, 9.17) is 32.7 Å². The fourth-order valence-corrected chi connectivity index (χ4v) is 3.04. The summed E-state index contributed by atoms with van der Waals surface area (Å²) < 4.78 is 10.5. The Morgan fingerprint density at radius 2 is 1.87 bits per heavy atom. The quantitative estimate of drug-likeness (QED) is 0.777. The van der Waals surface area contributed by atoms with Crippen LogP contribution in [-0.4, -0.2) is 24.2 Å². The Morgan fingerprint density at radius 3 is 2.57 bits per heavy atom. The first-order valence-corrected chi connectivity index (χ1v) is 7.41. The van der Waals surface area contributed by atoms with Crippen molar-refractivity contribution in [1.29, 1.82) is 0 Å². The fraction of sp³-hybridized carbons (Fsp3) is 0.125. The van der Waals surface area contributed by atoms with E-state index in [-0.39, 0.29) is 16.4 Å². The lowest BCUT2D eigenvalue weighted by atomic mass is 10.1. The fourth-order valence-electron chi connectivity index (χ4n) is 2.34. The van der Waals surface area contributed by atoms with Crippen LogP contribution in [0.15, 0.2) is 35.1 Å². The Balaban J connectivity index is 2.33. The molecule has 0 fully saturated rings. The van der Waals surface area contributed by atoms with Crippen LogP contribution in [0.25, 0.3) is 22.3 Å². The normalized spacial score (nSPS) is 10.8. The van der Waals surface area contributed by atoms with Gasteiger partial charge in [0.05, 0.1) is 40.7 Å². The molecule has 0 aliphatic rings. The van der Waals surface area contributed by atoms with E-state index < -0.39 is 0 Å². The minimum Gasteiger partial charge on any atom is -0.493 e. The van der Waals surface area contributed by atoms with Crippen molar-refractivity contribution in [3.8, 4) is 22.9 Å². The second-order valence-corrected chi connectivity index (χ2v) is 5.50. The van der Waals surface area contributed by atoms with Crippen molar-refractivity contribution in [3.05, 3.63) is 50.7 Å². The van der Waals surface area contributed by atoms with Crippen molar-refractivity contribution in [2.45, 2.75) is 0 Å². The summed E-state index contributed by atoms with van der Waals surface area (Å²) >= 11 is 12.7. The van der Waals surface area contributed by atoms with Crippen LogP contribution < -0.4 is 15.0 Å². The molecule has 2 aromatic carbocycles. The van der Waals surface area contributed by atoms with E-state index in [9.17, 15) is 4.79 Å². The second-order valence-electron chi connectivity index (χ2n) is 4.71. The highest BCUT2D eigenvalue weighted by atomic mass is 35.5. The van der Waals surface area contributed by atoms with E-state index in [0.717, 1.165) is 0 Å². The van der Waals surface area contributed by atoms with Crippen molar-refractivity contribution in [2.75, 3.05) is 14.2 Å². The molecular weight excluding hydrogens is 339 g/mol. The van der Waals surface area contributed by atoms with Crippen molar-refractivity contribution in [1.82, 2.24) is 9.97 Å². The van der Waals surface area contributed by atoms with Crippen LogP contribution in [0, 0.1) is 0 Å². The molecule has 7 heteroatoms. The summed E-state index contributed by atoms with van der Waals surface area (Å²) in [5, 5.41) is 1.00. The highest BCUT2D eigenvalue weighted by Gasteiger charge is 2.20. The molecule has 3 rings (SSSR count). The highest BCUT2D eigenvalue weighted by molar-refractivity contribution is 6.40. The van der Waals surface area contributed by atoms with Crippen molar-refractivity contribution in [3.63, 3.8) is 0 Å². The Bertz CT molecular complexity index is 954. The molecule has 0 saturated heterocycles. The number of rotatable bonds is 3. The number of ether oxygens (including phenoxy) is 2. The van der Waals surface area contributed by atoms with E-state index in [0.29, 0.717) is 33.0 Å². The Kier molecular flexibility index (Phi) is 4.15. The molecule has 0 saturated carbocycles. The van der Waals surface area contributed by atoms with Crippen molar-refractivity contribution in [2.24, 2.45) is 0 Å². The Hall–Kier alpha value is -2.24. The van der Waals surface area contributed by atoms with Gasteiger partial charge in [0.25, 0.3) is 5.56 Å². The van der Waals surface area contributed by atoms with Gasteiger partial charge in [-0.2, -0.15) is 0 Å². The number of fused-ring (bicyclic) bond motifs is 1. The van der Waals surface area contributed by atoms with Crippen LogP contribution >= 0.6 is 23.2 Å². The van der Waals surface area contributed by atoms with Crippen LogP contribution in [0.5, 0.6) is 11.5 Å². The van der Waals surface area contributed by atoms with Crippen LogP contribution in [-0.2, 0) is 0 Å². The molecule has 0 bridgehead atoms. The molecule has 0 radical (unpaired) electrons. The van der Waals surface area contributed by atoms with E-state index in [1.54, 1.807) is 30.3 Å². The molecule has 0 amide bonds. The predicted octanol–water partition coefficient (Wildman–Crippen LogP) is 3.91. The zero-order chi connectivity index (χ0) is 16.6. The predicted molar refractivity (Wildman–Crippen MR) is 90.9 cm³/mol. The van der Waals surface area contributed by atoms with Crippen molar-refractivity contribution >= 4 is 34.1 Å². The first-order valence-electron chi connectivity index (χ1n) is 6.66. The standard InChI is InChI=1S/C16H12Cl2N2O3/c1-22-11-7-9(17)12(13(18)14(11)23-2)15-19-10-6-4-3-5-8(10)16(21)20-15/h3-7H,1-2H3,(H,19,20,21). The van der Waals surface area contributed by atoms with Gasteiger partial charge in [-0.3, -0.25) is 4.79 Å². The van der Waals surface area contributed by atoms with Crippen molar-refractivity contribution < 1.29 is 9.47 Å². The van der Waals surface area contributed by atoms with Gasteiger partial charge >= 0.3 is 0 Å². The van der Waals surface area contributed by atoms with Gasteiger partial charge in [-0.05, 0) is 12.1 Å². The highest BCUT2D eigenvalue weighted by Crippen LogP contribution is 2.45. The van der Waals surface area contributed by atoms with Crippen LogP contribution in [0.1, 0.15) is 0 Å². The van der Waals surface area contributed by atoms with Gasteiger partial charge < -0.3 is 14.5 Å². The van der Waals surface area contributed by atoms with E-state index in [1.165, 1.54) is 14.2 Å². The molecule has 0 atom stereocenters. The van der Waals surface area contributed by atoms with Crippen LogP contribution in [0.2, 0.25) is 10.0 Å². The number of H-pyrrole nitrogens is 1. The molecule has 1 N–H and O–H groups in total. The van der Waals surface area contributed by atoms with Gasteiger partial charge in [0.15, 0.2) is 11.5 Å². The molecule has 0 unspecified atom stereocenters. The second kappa shape index (κ2) is 6.10. The van der Waals surface area contributed by atoms with Gasteiger partial charge in [-0.1, -0.05) is 35.3 Å². The molecule has 5 nitrogen and oxygen atoms in total. The lowest BCUT2D eigenvalue weighted by molar-refractivity contribution is 0.355. The number of benzene rings is 2. The van der Waals surface area contributed by atoms with Crippen LogP contribution in [0.3, 0.4) is 0 Å². The Morgan fingerprint density at radius 1 is 1.13 bits per heavy atom. The van der Waals surface area contributed by atoms with E-state index in [2.05, 4.69) is 9.97 Å². The molecule has 1 aromatic heterocycles. The molecule has 118 valence electrons. The number of halogens is 2. The average molecular weight is 351 g/mol. The molecule has 3 aromatic rings. The monoisotopic (exact) mass is 350 g/mol. The third-order valence-electron chi connectivity index (χ3n) is 3.41. The third kappa shape index (κ3) is 2.62. The third-order valence-corrected chi connectivity index (χ3v) is 4.07. The molecule has 0 aliphatic carbocycles.